The molecular weight excluding hydrogens is 407 g/mol. The van der Waals surface area contributed by atoms with Gasteiger partial charge in [-0.1, -0.05) is 17.3 Å². The first-order valence-corrected chi connectivity index (χ1v) is 9.58. The molecule has 2 heterocycles. The van der Waals surface area contributed by atoms with E-state index >= 15 is 0 Å². The molecule has 0 atom stereocenters. The standard InChI is InChI=1S/C19H18F3N3O3S/c1-13-12-16(28-23-13)18(27)25-10-8-24(9-11-25)17(26)7-4-14-2-5-15(6-3-14)29-19(20,21)22/h2-7,12H,8-11H2,1H3/b7-4+. The number of hydrogen-bond donors (Lipinski definition) is 0. The number of hydrogen-bond acceptors (Lipinski definition) is 5. The molecule has 1 saturated heterocycles. The van der Waals surface area contributed by atoms with E-state index < -0.39 is 5.51 Å². The van der Waals surface area contributed by atoms with Crippen LogP contribution in [0.1, 0.15) is 21.8 Å². The zero-order chi connectivity index (χ0) is 21.0. The number of piperazine rings is 1. The lowest BCUT2D eigenvalue weighted by molar-refractivity contribution is -0.127. The molecule has 1 fully saturated rings. The third kappa shape index (κ3) is 5.86. The molecule has 154 valence electrons. The first kappa shape index (κ1) is 21.0. The monoisotopic (exact) mass is 425 g/mol. The zero-order valence-corrected chi connectivity index (χ0v) is 16.3. The predicted octanol–water partition coefficient (Wildman–Crippen LogP) is 3.59. The third-order valence-corrected chi connectivity index (χ3v) is 4.99. The van der Waals surface area contributed by atoms with E-state index in [4.69, 9.17) is 4.52 Å². The van der Waals surface area contributed by atoms with Crippen LogP contribution in [0.4, 0.5) is 13.2 Å². The van der Waals surface area contributed by atoms with Crippen LogP contribution in [0.15, 0.2) is 45.8 Å². The summed E-state index contributed by atoms with van der Waals surface area (Å²) in [7, 11) is 0. The average Bonchev–Trinajstić information content (AvgIpc) is 3.12. The molecule has 0 spiro atoms. The Bertz CT molecular complexity index is 901. The molecule has 0 aliphatic carbocycles. The first-order chi connectivity index (χ1) is 13.7. The van der Waals surface area contributed by atoms with Gasteiger partial charge in [0.2, 0.25) is 11.7 Å². The Morgan fingerprint density at radius 2 is 1.72 bits per heavy atom. The minimum Gasteiger partial charge on any atom is -0.351 e. The van der Waals surface area contributed by atoms with Gasteiger partial charge in [0, 0.05) is 43.2 Å². The molecule has 29 heavy (non-hydrogen) atoms. The normalized spacial score (nSPS) is 15.2. The SMILES string of the molecule is Cc1cc(C(=O)N2CCN(C(=O)/C=C/c3ccc(SC(F)(F)F)cc3)CC2)on1. The molecule has 10 heteroatoms. The Morgan fingerprint density at radius 3 is 2.28 bits per heavy atom. The number of nitrogens with zero attached hydrogens (tertiary/aromatic N) is 3. The van der Waals surface area contributed by atoms with E-state index in [1.165, 1.54) is 30.3 Å². The molecule has 0 N–H and O–H groups in total. The number of thioether (sulfide) groups is 1. The van der Waals surface area contributed by atoms with Crippen LogP contribution in [0.3, 0.4) is 0 Å². The summed E-state index contributed by atoms with van der Waals surface area (Å²) >= 11 is -0.183. The van der Waals surface area contributed by atoms with E-state index in [9.17, 15) is 22.8 Å². The summed E-state index contributed by atoms with van der Waals surface area (Å²) in [6.07, 6.45) is 2.93. The van der Waals surface area contributed by atoms with Gasteiger partial charge in [-0.05, 0) is 42.5 Å². The summed E-state index contributed by atoms with van der Waals surface area (Å²) in [6, 6.07) is 7.33. The summed E-state index contributed by atoms with van der Waals surface area (Å²) in [5.74, 6) is -0.305. The van der Waals surface area contributed by atoms with Crippen LogP contribution in [-0.2, 0) is 4.79 Å². The third-order valence-electron chi connectivity index (χ3n) is 4.25. The minimum atomic E-state index is -4.33. The Morgan fingerprint density at radius 1 is 1.10 bits per heavy atom. The van der Waals surface area contributed by atoms with Crippen LogP contribution in [0.5, 0.6) is 0 Å². The molecule has 1 aromatic carbocycles. The van der Waals surface area contributed by atoms with Gasteiger partial charge in [0.15, 0.2) is 0 Å². The quantitative estimate of drug-likeness (QED) is 0.553. The van der Waals surface area contributed by atoms with Crippen LogP contribution < -0.4 is 0 Å². The highest BCUT2D eigenvalue weighted by molar-refractivity contribution is 8.00. The zero-order valence-electron chi connectivity index (χ0n) is 15.5. The fourth-order valence-corrected chi connectivity index (χ4v) is 3.34. The maximum atomic E-state index is 12.3. The van der Waals surface area contributed by atoms with Crippen LogP contribution >= 0.6 is 11.8 Å². The van der Waals surface area contributed by atoms with Crippen molar-refractivity contribution >= 4 is 29.7 Å². The van der Waals surface area contributed by atoms with Crippen LogP contribution in [-0.4, -0.2) is 58.5 Å². The molecule has 1 aromatic heterocycles. The Kier molecular flexibility index (Phi) is 6.31. The second kappa shape index (κ2) is 8.73. The van der Waals surface area contributed by atoms with E-state index in [1.54, 1.807) is 28.9 Å². The molecule has 2 aromatic rings. The van der Waals surface area contributed by atoms with Crippen molar-refractivity contribution in [1.82, 2.24) is 15.0 Å². The largest absolute Gasteiger partial charge is 0.446 e. The molecule has 2 amide bonds. The fraction of sp³-hybridized carbons (Fsp3) is 0.316. The summed E-state index contributed by atoms with van der Waals surface area (Å²) in [5.41, 5.74) is -3.08. The number of benzene rings is 1. The van der Waals surface area contributed by atoms with E-state index in [0.29, 0.717) is 37.4 Å². The highest BCUT2D eigenvalue weighted by atomic mass is 32.2. The number of alkyl halides is 3. The lowest BCUT2D eigenvalue weighted by atomic mass is 10.2. The van der Waals surface area contributed by atoms with E-state index in [-0.39, 0.29) is 34.2 Å². The van der Waals surface area contributed by atoms with Gasteiger partial charge in [0.05, 0.1) is 5.69 Å². The number of carbonyl (C=O) groups is 2. The predicted molar refractivity (Wildman–Crippen MR) is 101 cm³/mol. The van der Waals surface area contributed by atoms with Gasteiger partial charge < -0.3 is 14.3 Å². The van der Waals surface area contributed by atoms with Gasteiger partial charge >= 0.3 is 5.51 Å². The number of aromatic nitrogens is 1. The molecule has 1 aliphatic heterocycles. The van der Waals surface area contributed by atoms with Crippen LogP contribution in [0.25, 0.3) is 6.08 Å². The molecule has 3 rings (SSSR count). The van der Waals surface area contributed by atoms with Crippen molar-refractivity contribution in [3.63, 3.8) is 0 Å². The van der Waals surface area contributed by atoms with Crippen molar-refractivity contribution in [2.45, 2.75) is 17.3 Å². The van der Waals surface area contributed by atoms with Crippen LogP contribution in [0, 0.1) is 6.92 Å². The molecule has 0 unspecified atom stereocenters. The molecule has 6 nitrogen and oxygen atoms in total. The van der Waals surface area contributed by atoms with Crippen molar-refractivity contribution < 1.29 is 27.3 Å². The number of amides is 2. The number of halogens is 3. The van der Waals surface area contributed by atoms with Crippen LogP contribution in [0.2, 0.25) is 0 Å². The van der Waals surface area contributed by atoms with Gasteiger partial charge in [-0.25, -0.2) is 0 Å². The van der Waals surface area contributed by atoms with Crippen molar-refractivity contribution in [3.05, 3.63) is 53.4 Å². The lowest BCUT2D eigenvalue weighted by Crippen LogP contribution is -2.50. The molecule has 1 aliphatic rings. The second-order valence-electron chi connectivity index (χ2n) is 6.40. The average molecular weight is 425 g/mol. The maximum Gasteiger partial charge on any atom is 0.446 e. The Labute approximate surface area is 169 Å². The fourth-order valence-electron chi connectivity index (χ4n) is 2.80. The van der Waals surface area contributed by atoms with Crippen molar-refractivity contribution in [2.24, 2.45) is 0 Å². The molecule has 0 saturated carbocycles. The minimum absolute atomic E-state index is 0.0868. The number of carbonyl (C=O) groups excluding carboxylic acids is 2. The van der Waals surface area contributed by atoms with E-state index in [2.05, 4.69) is 5.16 Å². The summed E-state index contributed by atoms with van der Waals surface area (Å²) < 4.78 is 42.0. The van der Waals surface area contributed by atoms with E-state index in [1.807, 2.05) is 0 Å². The summed E-state index contributed by atoms with van der Waals surface area (Å²) in [4.78, 5) is 27.9. The maximum absolute atomic E-state index is 12.3. The van der Waals surface area contributed by atoms with E-state index in [0.717, 1.165) is 0 Å². The van der Waals surface area contributed by atoms with Crippen molar-refractivity contribution in [1.29, 1.82) is 0 Å². The Balaban J connectivity index is 1.51. The molecular formula is C19H18F3N3O3S. The summed E-state index contributed by atoms with van der Waals surface area (Å²) in [5, 5.41) is 3.70. The Hall–Kier alpha value is -2.75. The van der Waals surface area contributed by atoms with Gasteiger partial charge in [-0.15, -0.1) is 0 Å². The molecule has 0 radical (unpaired) electrons. The van der Waals surface area contributed by atoms with Crippen molar-refractivity contribution in [3.8, 4) is 0 Å². The highest BCUT2D eigenvalue weighted by Gasteiger charge is 2.29. The first-order valence-electron chi connectivity index (χ1n) is 8.77. The van der Waals surface area contributed by atoms with Gasteiger partial charge in [0.25, 0.3) is 5.91 Å². The second-order valence-corrected chi connectivity index (χ2v) is 7.54. The summed E-state index contributed by atoms with van der Waals surface area (Å²) in [6.45, 7) is 3.24. The number of rotatable bonds is 4. The lowest BCUT2D eigenvalue weighted by Gasteiger charge is -2.33. The van der Waals surface area contributed by atoms with Gasteiger partial charge in [-0.2, -0.15) is 13.2 Å². The van der Waals surface area contributed by atoms with Crippen molar-refractivity contribution in [2.75, 3.05) is 26.2 Å². The van der Waals surface area contributed by atoms with Gasteiger partial charge in [-0.3, -0.25) is 9.59 Å². The topological polar surface area (TPSA) is 66.7 Å². The molecule has 0 bridgehead atoms. The smallest absolute Gasteiger partial charge is 0.351 e. The number of aryl methyl sites for hydroxylation is 1. The highest BCUT2D eigenvalue weighted by Crippen LogP contribution is 2.36. The van der Waals surface area contributed by atoms with Gasteiger partial charge in [0.1, 0.15) is 0 Å².